The Morgan fingerprint density at radius 1 is 0.230 bits per heavy atom. The Morgan fingerprint density at radius 3 is 1.43 bits per heavy atom. The molecule has 8 heterocycles. The fourth-order valence-corrected chi connectivity index (χ4v) is 23.5. The van der Waals surface area contributed by atoms with Crippen LogP contribution in [0.25, 0.3) is 276 Å². The van der Waals surface area contributed by atoms with Gasteiger partial charge in [0.2, 0.25) is 0 Å². The van der Waals surface area contributed by atoms with Crippen molar-refractivity contribution in [2.24, 2.45) is 0 Å². The van der Waals surface area contributed by atoms with Crippen LogP contribution in [0.4, 0.5) is 0 Å². The Labute approximate surface area is 855 Å². The zero-order valence-electron chi connectivity index (χ0n) is 80.5. The minimum absolute atomic E-state index is 0.0497. The van der Waals surface area contributed by atoms with E-state index in [4.69, 9.17) is 44.0 Å². The highest BCUT2D eigenvalue weighted by Gasteiger charge is 2.36. The third-order valence-corrected chi connectivity index (χ3v) is 30.5. The van der Waals surface area contributed by atoms with E-state index in [1.165, 1.54) is 75.8 Å². The molecule has 0 fully saturated rings. The van der Waals surface area contributed by atoms with Crippen molar-refractivity contribution < 1.29 is 8.83 Å². The Bertz CT molecular complexity index is 10300. The average molecular weight is 1910 g/mol. The summed E-state index contributed by atoms with van der Waals surface area (Å²) in [5, 5.41) is 23.9. The lowest BCUT2D eigenvalue weighted by Crippen LogP contribution is -2.14. The molecule has 0 atom stereocenters. The number of nitrogens with zero attached hydrogens (tertiary/aromatic N) is 9. The zero-order chi connectivity index (χ0) is 98.0. The van der Waals surface area contributed by atoms with Crippen molar-refractivity contribution in [3.05, 3.63) is 503 Å². The van der Waals surface area contributed by atoms with E-state index in [0.717, 1.165) is 199 Å². The Kier molecular flexibility index (Phi) is 20.9. The number of hydrogen-bond donors (Lipinski definition) is 0. The molecule has 11 nitrogen and oxygen atoms in total. The Hall–Kier alpha value is -19.3. The van der Waals surface area contributed by atoms with Crippen LogP contribution in [0.3, 0.4) is 0 Å². The van der Waals surface area contributed by atoms with E-state index in [1.807, 2.05) is 66.7 Å². The predicted octanol–water partition coefficient (Wildman–Crippen LogP) is 36.1. The molecule has 30 rings (SSSR count). The van der Waals surface area contributed by atoms with Crippen LogP contribution in [0.5, 0.6) is 0 Å². The molecule has 0 aliphatic heterocycles. The molecular weight excluding hydrogens is 1820 g/mol. The Balaban J connectivity index is 0.000000112. The first kappa shape index (κ1) is 86.6. The van der Waals surface area contributed by atoms with Gasteiger partial charge in [0.25, 0.3) is 0 Å². The van der Waals surface area contributed by atoms with Crippen molar-refractivity contribution in [1.29, 1.82) is 0 Å². The lowest BCUT2D eigenvalue weighted by atomic mass is 9.81. The molecule has 0 radical (unpaired) electrons. The Morgan fingerprint density at radius 2 is 0.689 bits per heavy atom. The van der Waals surface area contributed by atoms with Crippen LogP contribution in [0.2, 0.25) is 0 Å². The third-order valence-electron chi connectivity index (χ3n) is 29.4. The first-order valence-electron chi connectivity index (χ1n) is 50.0. The lowest BCUT2D eigenvalue weighted by molar-refractivity contribution is 0.660. The van der Waals surface area contributed by atoms with E-state index in [-0.39, 0.29) is 5.41 Å². The average Bonchev–Trinajstić information content (AvgIpc) is 1.55. The van der Waals surface area contributed by atoms with Crippen LogP contribution in [0.15, 0.2) is 500 Å². The summed E-state index contributed by atoms with van der Waals surface area (Å²) in [5.74, 6) is 1.99. The molecule has 0 amide bonds. The second-order valence-electron chi connectivity index (χ2n) is 38.5. The number of aromatic nitrogens is 9. The van der Waals surface area contributed by atoms with Crippen molar-refractivity contribution in [2.75, 3.05) is 0 Å². The number of hydrogen-bond acceptors (Lipinski definition) is 10. The van der Waals surface area contributed by atoms with Crippen molar-refractivity contribution in [3.63, 3.8) is 0 Å². The fraction of sp³-hybridized carbons (Fsp3) is 0.0221. The van der Waals surface area contributed by atoms with Gasteiger partial charge in [0.05, 0.1) is 43.4 Å². The molecule has 29 aromatic rings. The van der Waals surface area contributed by atoms with Gasteiger partial charge in [-0.25, -0.2) is 24.9 Å². The molecular formula is C136H87N9O2S. The second kappa shape index (κ2) is 35.7. The van der Waals surface area contributed by atoms with Gasteiger partial charge in [-0.3, -0.25) is 0 Å². The quantitative estimate of drug-likeness (QED) is 0.104. The molecule has 148 heavy (non-hydrogen) atoms. The van der Waals surface area contributed by atoms with Crippen LogP contribution in [-0.2, 0) is 5.41 Å². The van der Waals surface area contributed by atoms with E-state index < -0.39 is 0 Å². The summed E-state index contributed by atoms with van der Waals surface area (Å²) in [6, 6.07) is 173. The monoisotopic (exact) mass is 1910 g/mol. The smallest absolute Gasteiger partial charge is 0.182 e. The summed E-state index contributed by atoms with van der Waals surface area (Å²) in [7, 11) is 0. The highest BCUT2D eigenvalue weighted by atomic mass is 32.1. The molecule has 0 N–H and O–H groups in total. The number of thiophene rings is 1. The van der Waals surface area contributed by atoms with E-state index in [1.54, 1.807) is 11.3 Å². The van der Waals surface area contributed by atoms with E-state index >= 15 is 0 Å². The summed E-state index contributed by atoms with van der Waals surface area (Å²) in [6.45, 7) is 4.69. The molecule has 21 aromatic carbocycles. The van der Waals surface area contributed by atoms with Crippen molar-refractivity contribution >= 4 is 141 Å². The topological polar surface area (TPSA) is 126 Å². The number of para-hydroxylation sites is 6. The first-order chi connectivity index (χ1) is 73.1. The van der Waals surface area contributed by atoms with E-state index in [2.05, 4.69) is 448 Å². The maximum atomic E-state index is 6.39. The van der Waals surface area contributed by atoms with Gasteiger partial charge in [-0.2, -0.15) is 0 Å². The zero-order valence-corrected chi connectivity index (χ0v) is 81.3. The second-order valence-corrected chi connectivity index (χ2v) is 39.5. The van der Waals surface area contributed by atoms with Gasteiger partial charge < -0.3 is 18.0 Å². The number of benzene rings is 21. The summed E-state index contributed by atoms with van der Waals surface area (Å²) in [5.41, 5.74) is 36.6. The van der Waals surface area contributed by atoms with Gasteiger partial charge in [-0.05, 0) is 210 Å². The standard InChI is InChI=1S/C57H35N5O.C49H34N2S.C30H18N2O/c1-4-16-36(17-5-1)53-54(46-27-15-26-43-42-24-10-12-28-48(42)61(55(43)46)40-20-6-2-7-21-40)59-60-57(58-53)39-19-14-18-37(34-39)38-30-32-49-47(35-38)44-31-33-51-52(45-25-11-13-29-50(45)63-51)56(44)62(49)41-22-8-3-9-23-41;1-49(2)42-22-11-9-20-39(42)40-25-24-35(30-43(40)49)33-18-13-19-34(26-33)37-27-36(31-14-5-3-6-15-31)28-38(29-37)48-50-45(32-16-7-4-8-17-32)47-46(51-48)41-21-10-12-23-44(41)52-47;1-2-9-20(10-3-1)27-29-28(25-12-6-7-13-26(25)33-29)32-30(31-27)22-16-17-24-21(18-22)15-14-19-8-4-5-11-23(19)24/h1-35H;3-30H,1-2H3;1-18H. The minimum Gasteiger partial charge on any atom is -0.456 e. The molecule has 694 valence electrons. The van der Waals surface area contributed by atoms with Gasteiger partial charge in [0.15, 0.2) is 23.1 Å². The fourth-order valence-electron chi connectivity index (χ4n) is 22.3. The van der Waals surface area contributed by atoms with Gasteiger partial charge in [-0.15, -0.1) is 21.5 Å². The maximum absolute atomic E-state index is 6.39. The summed E-state index contributed by atoms with van der Waals surface area (Å²) >= 11 is 1.77. The number of rotatable bonds is 13. The summed E-state index contributed by atoms with van der Waals surface area (Å²) in [6.07, 6.45) is 0. The first-order valence-corrected chi connectivity index (χ1v) is 50.8. The molecule has 0 bridgehead atoms. The molecule has 12 heteroatoms. The number of furan rings is 2. The van der Waals surface area contributed by atoms with Crippen molar-refractivity contribution in [1.82, 2.24) is 44.3 Å². The molecule has 0 saturated carbocycles. The van der Waals surface area contributed by atoms with Gasteiger partial charge in [0.1, 0.15) is 39.3 Å². The molecule has 0 unspecified atom stereocenters. The van der Waals surface area contributed by atoms with Crippen LogP contribution < -0.4 is 0 Å². The minimum atomic E-state index is -0.0497. The van der Waals surface area contributed by atoms with E-state index in [9.17, 15) is 0 Å². The summed E-state index contributed by atoms with van der Waals surface area (Å²) in [4.78, 5) is 26.0. The normalized spacial score (nSPS) is 12.2. The van der Waals surface area contributed by atoms with Gasteiger partial charge in [0, 0.05) is 98.1 Å². The van der Waals surface area contributed by atoms with Crippen LogP contribution >= 0.6 is 11.3 Å². The van der Waals surface area contributed by atoms with Crippen LogP contribution in [-0.4, -0.2) is 44.3 Å². The van der Waals surface area contributed by atoms with Gasteiger partial charge in [-0.1, -0.05) is 384 Å². The highest BCUT2D eigenvalue weighted by Crippen LogP contribution is 2.52. The molecule has 1 aliphatic rings. The molecule has 8 aromatic heterocycles. The maximum Gasteiger partial charge on any atom is 0.182 e. The number of fused-ring (bicyclic) bond motifs is 22. The largest absolute Gasteiger partial charge is 0.456 e. The van der Waals surface area contributed by atoms with Crippen molar-refractivity contribution in [3.8, 4) is 146 Å². The molecule has 1 aliphatic carbocycles. The third kappa shape index (κ3) is 14.9. The van der Waals surface area contributed by atoms with E-state index in [0.29, 0.717) is 11.6 Å². The lowest BCUT2D eigenvalue weighted by Gasteiger charge is -2.22. The molecule has 0 spiro atoms. The van der Waals surface area contributed by atoms with Crippen LogP contribution in [0, 0.1) is 0 Å². The van der Waals surface area contributed by atoms with Crippen LogP contribution in [0.1, 0.15) is 25.0 Å². The highest BCUT2D eigenvalue weighted by molar-refractivity contribution is 7.26. The predicted molar refractivity (Wildman–Crippen MR) is 612 cm³/mol. The van der Waals surface area contributed by atoms with Crippen molar-refractivity contribution in [2.45, 2.75) is 19.3 Å². The van der Waals surface area contributed by atoms with Gasteiger partial charge >= 0.3 is 0 Å². The molecule has 0 saturated heterocycles. The summed E-state index contributed by atoms with van der Waals surface area (Å²) < 4.78 is 19.7. The SMILES string of the molecule is CC1(C)c2ccccc2-c2ccc(-c3cccc(-c4cc(-c5ccccc5)cc(-c5nc(-c6ccccc6)c6sc7ccccc7c6n5)c4)c3)cc21.c1ccc(-c2nc(-c3ccc4c(ccc5ccccc54)c3)nc3c2oc2ccccc23)cc1.c1ccc(-c2nc(-c3cccc(-c4ccc5c(c4)c4ccc6oc7ccccc7c6c4n5-c4ccccc4)c3)nnc2-c2cccc3c4ccccc4n(-c4ccccc4)c23)cc1.